The van der Waals surface area contributed by atoms with Gasteiger partial charge in [-0.2, -0.15) is 16.9 Å². The number of nitrogens with zero attached hydrogens (tertiary/aromatic N) is 3. The number of carbonyl (C=O) groups excluding carboxylic acids is 2. The highest BCUT2D eigenvalue weighted by atomic mass is 32.2. The van der Waals surface area contributed by atoms with Gasteiger partial charge in [-0.1, -0.05) is 0 Å². The maximum atomic E-state index is 12.6. The van der Waals surface area contributed by atoms with E-state index < -0.39 is 6.04 Å². The average Bonchev–Trinajstić information content (AvgIpc) is 3.00. The molecule has 1 saturated heterocycles. The van der Waals surface area contributed by atoms with Gasteiger partial charge in [0.25, 0.3) is 0 Å². The largest absolute Gasteiger partial charge is 0.471 e. The molecule has 8 heteroatoms. The lowest BCUT2D eigenvalue weighted by atomic mass is 10.2. The van der Waals surface area contributed by atoms with Crippen molar-refractivity contribution < 1.29 is 14.3 Å². The fourth-order valence-electron chi connectivity index (χ4n) is 2.50. The van der Waals surface area contributed by atoms with Crippen molar-refractivity contribution in [2.24, 2.45) is 0 Å². The lowest BCUT2D eigenvalue weighted by Gasteiger charge is -2.23. The molecule has 1 N–H and O–H groups in total. The van der Waals surface area contributed by atoms with Crippen molar-refractivity contribution in [3.05, 3.63) is 18.3 Å². The summed E-state index contributed by atoms with van der Waals surface area (Å²) in [6.45, 7) is 2.56. The first-order valence-corrected chi connectivity index (χ1v) is 8.98. The van der Waals surface area contributed by atoms with Crippen LogP contribution in [0.5, 0.6) is 5.88 Å². The molecule has 1 aliphatic rings. The number of aromatic nitrogens is 2. The quantitative estimate of drug-likeness (QED) is 0.788. The molecule has 7 nitrogen and oxygen atoms in total. The van der Waals surface area contributed by atoms with E-state index in [2.05, 4.69) is 15.5 Å². The Kier molecular flexibility index (Phi) is 6.64. The van der Waals surface area contributed by atoms with Crippen LogP contribution in [0.3, 0.4) is 0 Å². The van der Waals surface area contributed by atoms with Crippen molar-refractivity contribution in [1.82, 2.24) is 20.4 Å². The van der Waals surface area contributed by atoms with Crippen molar-refractivity contribution in [3.8, 4) is 5.88 Å². The maximum Gasteiger partial charge on any atom is 0.245 e. The summed E-state index contributed by atoms with van der Waals surface area (Å²) >= 11 is 1.66. The van der Waals surface area contributed by atoms with Crippen molar-refractivity contribution >= 4 is 23.6 Å². The van der Waals surface area contributed by atoms with Gasteiger partial charge in [0.1, 0.15) is 12.1 Å². The molecule has 1 fully saturated rings. The molecule has 0 unspecified atom stereocenters. The first kappa shape index (κ1) is 17.5. The molecule has 0 spiro atoms. The molecule has 2 rings (SSSR count). The number of hydrogen-bond acceptors (Lipinski definition) is 6. The number of hydrogen-bond donors (Lipinski definition) is 1. The Morgan fingerprint density at radius 1 is 1.57 bits per heavy atom. The highest BCUT2D eigenvalue weighted by Gasteiger charge is 2.32. The highest BCUT2D eigenvalue weighted by molar-refractivity contribution is 7.98. The molecule has 2 atom stereocenters. The van der Waals surface area contributed by atoms with Crippen molar-refractivity contribution in [2.75, 3.05) is 25.1 Å². The third-order valence-corrected chi connectivity index (χ3v) is 4.22. The van der Waals surface area contributed by atoms with Crippen LogP contribution < -0.4 is 10.1 Å². The maximum absolute atomic E-state index is 12.6. The lowest BCUT2D eigenvalue weighted by molar-refractivity contribution is -0.135. The molecule has 1 aliphatic heterocycles. The second-order valence-corrected chi connectivity index (χ2v) is 6.39. The van der Waals surface area contributed by atoms with Crippen molar-refractivity contribution in [2.45, 2.75) is 31.9 Å². The Morgan fingerprint density at radius 2 is 2.39 bits per heavy atom. The number of amides is 2. The van der Waals surface area contributed by atoms with E-state index in [9.17, 15) is 9.59 Å². The van der Waals surface area contributed by atoms with Gasteiger partial charge in [0, 0.05) is 32.2 Å². The molecule has 2 amide bonds. The van der Waals surface area contributed by atoms with Crippen LogP contribution in [0, 0.1) is 0 Å². The molecular formula is C15H22N4O3S. The molecule has 0 aromatic carbocycles. The minimum atomic E-state index is -0.463. The number of carbonyl (C=O) groups is 2. The zero-order chi connectivity index (χ0) is 16.7. The average molecular weight is 338 g/mol. The summed E-state index contributed by atoms with van der Waals surface area (Å²) in [7, 11) is 0. The van der Waals surface area contributed by atoms with E-state index in [-0.39, 0.29) is 17.9 Å². The first-order chi connectivity index (χ1) is 11.1. The summed E-state index contributed by atoms with van der Waals surface area (Å²) in [4.78, 5) is 25.7. The predicted molar refractivity (Wildman–Crippen MR) is 88.2 cm³/mol. The van der Waals surface area contributed by atoms with Crippen LogP contribution in [0.25, 0.3) is 0 Å². The first-order valence-electron chi connectivity index (χ1n) is 7.59. The Hall–Kier alpha value is -1.83. The standard InChI is InChI=1S/C15H22N4O3S/c1-11(20)17-13(6-9-23-2)15(21)19-8-5-12(10-19)22-14-4-3-7-16-18-14/h3-4,7,12-13H,5-6,8-10H2,1-2H3,(H,17,20)/t12-,13-/m1/s1. The van der Waals surface area contributed by atoms with E-state index in [1.54, 1.807) is 35.0 Å². The van der Waals surface area contributed by atoms with Gasteiger partial charge in [-0.05, 0) is 24.5 Å². The zero-order valence-corrected chi connectivity index (χ0v) is 14.2. The number of ether oxygens (including phenoxy) is 1. The highest BCUT2D eigenvalue weighted by Crippen LogP contribution is 2.17. The summed E-state index contributed by atoms with van der Waals surface area (Å²) in [5.74, 6) is 1.06. The van der Waals surface area contributed by atoms with Gasteiger partial charge in [-0.3, -0.25) is 9.59 Å². The topological polar surface area (TPSA) is 84.4 Å². The Labute approximate surface area is 140 Å². The monoisotopic (exact) mass is 338 g/mol. The van der Waals surface area contributed by atoms with Crippen LogP contribution in [-0.4, -0.2) is 64.2 Å². The number of likely N-dealkylation sites (tertiary alicyclic amines) is 1. The van der Waals surface area contributed by atoms with Gasteiger partial charge < -0.3 is 15.0 Å². The molecular weight excluding hydrogens is 316 g/mol. The second-order valence-electron chi connectivity index (χ2n) is 5.41. The molecule has 126 valence electrons. The predicted octanol–water partition coefficient (Wildman–Crippen LogP) is 0.714. The van der Waals surface area contributed by atoms with Crippen LogP contribution >= 0.6 is 11.8 Å². The molecule has 1 aromatic heterocycles. The fourth-order valence-corrected chi connectivity index (χ4v) is 2.98. The molecule has 2 heterocycles. The zero-order valence-electron chi connectivity index (χ0n) is 13.4. The molecule has 0 radical (unpaired) electrons. The van der Waals surface area contributed by atoms with Crippen LogP contribution in [0.15, 0.2) is 18.3 Å². The van der Waals surface area contributed by atoms with Gasteiger partial charge in [0.05, 0.1) is 6.54 Å². The van der Waals surface area contributed by atoms with E-state index in [1.165, 1.54) is 6.92 Å². The van der Waals surface area contributed by atoms with E-state index in [0.717, 1.165) is 12.2 Å². The lowest BCUT2D eigenvalue weighted by Crippen LogP contribution is -2.48. The number of nitrogens with one attached hydrogen (secondary N) is 1. The Morgan fingerprint density at radius 3 is 3.04 bits per heavy atom. The van der Waals surface area contributed by atoms with E-state index in [4.69, 9.17) is 4.74 Å². The Bertz CT molecular complexity index is 529. The smallest absolute Gasteiger partial charge is 0.245 e. The second kappa shape index (κ2) is 8.71. The van der Waals surface area contributed by atoms with E-state index >= 15 is 0 Å². The van der Waals surface area contributed by atoms with E-state index in [1.807, 2.05) is 6.26 Å². The molecule has 0 saturated carbocycles. The Balaban J connectivity index is 1.90. The molecule has 23 heavy (non-hydrogen) atoms. The van der Waals surface area contributed by atoms with Crippen LogP contribution in [0.1, 0.15) is 19.8 Å². The summed E-state index contributed by atoms with van der Waals surface area (Å²) in [5.41, 5.74) is 0. The van der Waals surface area contributed by atoms with Gasteiger partial charge in [0.15, 0.2) is 0 Å². The number of rotatable bonds is 7. The SMILES string of the molecule is CSCC[C@@H](NC(C)=O)C(=O)N1CC[C@@H](Oc2cccnn2)C1. The fraction of sp³-hybridized carbons (Fsp3) is 0.600. The van der Waals surface area contributed by atoms with Gasteiger partial charge in [-0.15, -0.1) is 5.10 Å². The molecule has 1 aromatic rings. The normalized spacial score (nSPS) is 18.5. The minimum Gasteiger partial charge on any atom is -0.471 e. The van der Waals surface area contributed by atoms with Crippen molar-refractivity contribution in [3.63, 3.8) is 0 Å². The van der Waals surface area contributed by atoms with Crippen LogP contribution in [0.4, 0.5) is 0 Å². The number of thioether (sulfide) groups is 1. The molecule has 0 aliphatic carbocycles. The third kappa shape index (κ3) is 5.38. The van der Waals surface area contributed by atoms with Crippen LogP contribution in [-0.2, 0) is 9.59 Å². The van der Waals surface area contributed by atoms with Crippen LogP contribution in [0.2, 0.25) is 0 Å². The van der Waals surface area contributed by atoms with Gasteiger partial charge in [-0.25, -0.2) is 0 Å². The minimum absolute atomic E-state index is 0.0421. The summed E-state index contributed by atoms with van der Waals surface area (Å²) in [5, 5.41) is 10.4. The summed E-state index contributed by atoms with van der Waals surface area (Å²) in [6.07, 6.45) is 4.86. The summed E-state index contributed by atoms with van der Waals surface area (Å²) in [6, 6.07) is 3.04. The van der Waals surface area contributed by atoms with Gasteiger partial charge >= 0.3 is 0 Å². The van der Waals surface area contributed by atoms with E-state index in [0.29, 0.717) is 25.4 Å². The molecule has 0 bridgehead atoms. The third-order valence-electron chi connectivity index (χ3n) is 3.58. The van der Waals surface area contributed by atoms with Crippen molar-refractivity contribution in [1.29, 1.82) is 0 Å². The van der Waals surface area contributed by atoms with Gasteiger partial charge in [0.2, 0.25) is 17.7 Å². The summed E-state index contributed by atoms with van der Waals surface area (Å²) < 4.78 is 5.74.